The topological polar surface area (TPSA) is 46.6 Å². The third kappa shape index (κ3) is 3.12. The zero-order chi connectivity index (χ0) is 16.4. The molecule has 0 spiro atoms. The normalized spacial score (nSPS) is 16.3. The fraction of sp³-hybridized carbons (Fsp3) is 0.0588. The van der Waals surface area contributed by atoms with Crippen LogP contribution in [0.3, 0.4) is 0 Å². The van der Waals surface area contributed by atoms with Crippen molar-refractivity contribution in [2.45, 2.75) is 0 Å². The second-order valence-corrected chi connectivity index (χ2v) is 5.76. The van der Waals surface area contributed by atoms with Crippen LogP contribution in [0.4, 0.5) is 14.9 Å². The van der Waals surface area contributed by atoms with E-state index < -0.39 is 17.0 Å². The van der Waals surface area contributed by atoms with Crippen molar-refractivity contribution in [2.75, 3.05) is 12.0 Å². The van der Waals surface area contributed by atoms with Crippen LogP contribution in [0, 0.1) is 5.82 Å². The van der Waals surface area contributed by atoms with E-state index in [-0.39, 0.29) is 0 Å². The molecule has 0 N–H and O–H groups in total. The lowest BCUT2D eigenvalue weighted by Crippen LogP contribution is -2.27. The molecule has 0 aliphatic carbocycles. The zero-order valence-corrected chi connectivity index (χ0v) is 13.0. The summed E-state index contributed by atoms with van der Waals surface area (Å²) < 4.78 is 18.1. The predicted molar refractivity (Wildman–Crippen MR) is 87.8 cm³/mol. The van der Waals surface area contributed by atoms with Gasteiger partial charge < -0.3 is 4.74 Å². The van der Waals surface area contributed by atoms with Gasteiger partial charge in [0.1, 0.15) is 11.6 Å². The Labute approximate surface area is 136 Å². The highest BCUT2D eigenvalue weighted by Gasteiger charge is 2.36. The first-order chi connectivity index (χ1) is 11.1. The minimum absolute atomic E-state index is 0.313. The molecule has 116 valence electrons. The van der Waals surface area contributed by atoms with Crippen molar-refractivity contribution in [3.05, 3.63) is 64.8 Å². The number of anilines is 1. The molecular formula is C17H12FNO3S. The number of thioether (sulfide) groups is 1. The highest BCUT2D eigenvalue weighted by molar-refractivity contribution is 8.19. The molecule has 0 aromatic heterocycles. The summed E-state index contributed by atoms with van der Waals surface area (Å²) in [5.41, 5.74) is 1.11. The van der Waals surface area contributed by atoms with Crippen LogP contribution in [0.15, 0.2) is 53.4 Å². The predicted octanol–water partition coefficient (Wildman–Crippen LogP) is 4.08. The lowest BCUT2D eigenvalue weighted by Gasteiger charge is -2.11. The second kappa shape index (κ2) is 6.26. The van der Waals surface area contributed by atoms with Gasteiger partial charge in [0, 0.05) is 0 Å². The molecule has 1 aliphatic rings. The Morgan fingerprint density at radius 2 is 1.87 bits per heavy atom. The molecular weight excluding hydrogens is 317 g/mol. The lowest BCUT2D eigenvalue weighted by molar-refractivity contribution is -0.113. The van der Waals surface area contributed by atoms with Gasteiger partial charge in [-0.1, -0.05) is 12.1 Å². The number of hydrogen-bond acceptors (Lipinski definition) is 4. The number of ether oxygens (including phenoxy) is 1. The minimum Gasteiger partial charge on any atom is -0.497 e. The molecule has 1 fully saturated rings. The molecule has 0 atom stereocenters. The van der Waals surface area contributed by atoms with Crippen LogP contribution in [0.2, 0.25) is 0 Å². The Bertz CT molecular complexity index is 802. The summed E-state index contributed by atoms with van der Waals surface area (Å²) >= 11 is 0.853. The van der Waals surface area contributed by atoms with Crippen molar-refractivity contribution >= 4 is 34.7 Å². The summed E-state index contributed by atoms with van der Waals surface area (Å²) in [5.74, 6) is -0.182. The van der Waals surface area contributed by atoms with Crippen LogP contribution in [0.5, 0.6) is 5.75 Å². The molecule has 2 aromatic carbocycles. The molecule has 3 rings (SSSR count). The fourth-order valence-electron chi connectivity index (χ4n) is 2.16. The lowest BCUT2D eigenvalue weighted by atomic mass is 10.2. The van der Waals surface area contributed by atoms with Crippen molar-refractivity contribution in [2.24, 2.45) is 0 Å². The van der Waals surface area contributed by atoms with Gasteiger partial charge in [-0.15, -0.1) is 0 Å². The third-order valence-electron chi connectivity index (χ3n) is 3.27. The number of carbonyl (C=O) groups is 2. The monoisotopic (exact) mass is 329 g/mol. The fourth-order valence-corrected chi connectivity index (χ4v) is 3.00. The minimum atomic E-state index is -0.423. The molecule has 4 nitrogen and oxygen atoms in total. The highest BCUT2D eigenvalue weighted by atomic mass is 32.2. The molecule has 0 saturated carbocycles. The first-order valence-electron chi connectivity index (χ1n) is 6.76. The van der Waals surface area contributed by atoms with E-state index in [0.29, 0.717) is 16.3 Å². The molecule has 1 aliphatic heterocycles. The number of imide groups is 1. The van der Waals surface area contributed by atoms with Gasteiger partial charge in [0.25, 0.3) is 11.1 Å². The molecule has 0 bridgehead atoms. The van der Waals surface area contributed by atoms with Gasteiger partial charge in [0.05, 0.1) is 17.7 Å². The summed E-state index contributed by atoms with van der Waals surface area (Å²) in [4.78, 5) is 25.9. The number of halogens is 1. The zero-order valence-electron chi connectivity index (χ0n) is 12.2. The largest absolute Gasteiger partial charge is 0.497 e. The van der Waals surface area contributed by atoms with Crippen LogP contribution in [-0.2, 0) is 4.79 Å². The molecule has 1 heterocycles. The van der Waals surface area contributed by atoms with Gasteiger partial charge in [-0.3, -0.25) is 9.59 Å². The van der Waals surface area contributed by atoms with Crippen molar-refractivity contribution in [1.82, 2.24) is 0 Å². The standard InChI is InChI=1S/C17H12FNO3S/c1-22-14-4-2-3-11(9-14)10-15-16(20)19(17(21)23-15)13-7-5-12(18)6-8-13/h2-10H,1H3/b15-10-. The smallest absolute Gasteiger partial charge is 0.298 e. The van der Waals surface area contributed by atoms with Gasteiger partial charge in [-0.05, 0) is 59.8 Å². The molecule has 6 heteroatoms. The van der Waals surface area contributed by atoms with E-state index in [9.17, 15) is 14.0 Å². The number of amides is 2. The van der Waals surface area contributed by atoms with E-state index >= 15 is 0 Å². The number of methoxy groups -OCH3 is 1. The Hall–Kier alpha value is -2.60. The summed E-state index contributed by atoms with van der Waals surface area (Å²) in [5, 5.41) is -0.407. The van der Waals surface area contributed by atoms with Crippen molar-refractivity contribution in [1.29, 1.82) is 0 Å². The van der Waals surface area contributed by atoms with Gasteiger partial charge in [0.2, 0.25) is 0 Å². The van der Waals surface area contributed by atoms with Crippen LogP contribution in [0.25, 0.3) is 6.08 Å². The van der Waals surface area contributed by atoms with E-state index in [2.05, 4.69) is 0 Å². The Morgan fingerprint density at radius 3 is 2.57 bits per heavy atom. The van der Waals surface area contributed by atoms with Crippen molar-refractivity contribution in [3.63, 3.8) is 0 Å². The average molecular weight is 329 g/mol. The van der Waals surface area contributed by atoms with Crippen LogP contribution < -0.4 is 9.64 Å². The van der Waals surface area contributed by atoms with E-state index in [1.165, 1.54) is 24.3 Å². The maximum absolute atomic E-state index is 13.0. The third-order valence-corrected chi connectivity index (χ3v) is 4.14. The number of rotatable bonds is 3. The number of nitrogens with zero attached hydrogens (tertiary/aromatic N) is 1. The second-order valence-electron chi connectivity index (χ2n) is 4.77. The first kappa shape index (κ1) is 15.3. The maximum atomic E-state index is 13.0. The van der Waals surface area contributed by atoms with Gasteiger partial charge in [-0.2, -0.15) is 0 Å². The van der Waals surface area contributed by atoms with E-state index in [1.807, 2.05) is 6.07 Å². The average Bonchev–Trinajstić information content (AvgIpc) is 2.83. The first-order valence-corrected chi connectivity index (χ1v) is 7.58. The van der Waals surface area contributed by atoms with Crippen LogP contribution >= 0.6 is 11.8 Å². The summed E-state index contributed by atoms with van der Waals surface area (Å²) in [6.07, 6.45) is 1.64. The summed E-state index contributed by atoms with van der Waals surface area (Å²) in [7, 11) is 1.56. The Morgan fingerprint density at radius 1 is 1.13 bits per heavy atom. The number of benzene rings is 2. The van der Waals surface area contributed by atoms with Crippen LogP contribution in [-0.4, -0.2) is 18.3 Å². The van der Waals surface area contributed by atoms with Crippen molar-refractivity contribution < 1.29 is 18.7 Å². The van der Waals surface area contributed by atoms with Gasteiger partial charge >= 0.3 is 0 Å². The van der Waals surface area contributed by atoms with E-state index in [1.54, 1.807) is 31.4 Å². The molecule has 0 unspecified atom stereocenters. The van der Waals surface area contributed by atoms with Crippen molar-refractivity contribution in [3.8, 4) is 5.75 Å². The SMILES string of the molecule is COc1cccc(/C=C2\SC(=O)N(c3ccc(F)cc3)C2=O)c1. The van der Waals surface area contributed by atoms with E-state index in [4.69, 9.17) is 4.74 Å². The highest BCUT2D eigenvalue weighted by Crippen LogP contribution is 2.35. The van der Waals surface area contributed by atoms with Gasteiger partial charge in [0.15, 0.2) is 0 Å². The molecule has 2 amide bonds. The quantitative estimate of drug-likeness (QED) is 0.796. The Balaban J connectivity index is 1.91. The maximum Gasteiger partial charge on any atom is 0.298 e. The van der Waals surface area contributed by atoms with Crippen LogP contribution in [0.1, 0.15) is 5.56 Å². The molecule has 1 saturated heterocycles. The van der Waals surface area contributed by atoms with E-state index in [0.717, 1.165) is 22.2 Å². The molecule has 23 heavy (non-hydrogen) atoms. The Kier molecular flexibility index (Phi) is 4.16. The number of hydrogen-bond donors (Lipinski definition) is 0. The summed E-state index contributed by atoms with van der Waals surface area (Å²) in [6.45, 7) is 0. The van der Waals surface area contributed by atoms with Gasteiger partial charge in [-0.25, -0.2) is 9.29 Å². The number of carbonyl (C=O) groups excluding carboxylic acids is 2. The molecule has 0 radical (unpaired) electrons. The summed E-state index contributed by atoms with van der Waals surface area (Å²) in [6, 6.07) is 12.4. The molecule has 2 aromatic rings.